The number of benzene rings is 2. The molecule has 0 aliphatic carbocycles. The van der Waals surface area contributed by atoms with E-state index >= 15 is 0 Å². The van der Waals surface area contributed by atoms with Crippen molar-refractivity contribution >= 4 is 29.0 Å². The van der Waals surface area contributed by atoms with Crippen LogP contribution in [0, 0.1) is 0 Å². The Labute approximate surface area is 122 Å². The first kappa shape index (κ1) is 14.3. The Morgan fingerprint density at radius 2 is 1.95 bits per heavy atom. The molecule has 2 aromatic carbocycles. The number of hydrogen-bond donors (Lipinski definition) is 3. The van der Waals surface area contributed by atoms with E-state index in [-0.39, 0.29) is 11.7 Å². The Kier molecular flexibility index (Phi) is 4.53. The maximum absolute atomic E-state index is 10.9. The summed E-state index contributed by atoms with van der Waals surface area (Å²) in [5.41, 5.74) is 7.92. The number of carbonyl (C=O) groups is 1. The summed E-state index contributed by atoms with van der Waals surface area (Å²) >= 11 is 1.60. The quantitative estimate of drug-likeness (QED) is 0.459. The van der Waals surface area contributed by atoms with E-state index in [9.17, 15) is 9.90 Å². The number of nitrogen functional groups attached to an aromatic ring is 1. The highest BCUT2D eigenvalue weighted by Gasteiger charge is 2.03. The lowest BCUT2D eigenvalue weighted by Crippen LogP contribution is -2.05. The van der Waals surface area contributed by atoms with E-state index in [2.05, 4.69) is 5.32 Å². The van der Waals surface area contributed by atoms with Gasteiger partial charge in [-0.3, -0.25) is 4.79 Å². The number of aromatic hydroxyl groups is 1. The van der Waals surface area contributed by atoms with Crippen LogP contribution in [0.1, 0.15) is 12.5 Å². The summed E-state index contributed by atoms with van der Waals surface area (Å²) in [6.45, 7) is 1.48. The molecule has 0 radical (unpaired) electrons. The van der Waals surface area contributed by atoms with Crippen molar-refractivity contribution < 1.29 is 9.90 Å². The molecule has 0 atom stereocenters. The predicted molar refractivity (Wildman–Crippen MR) is 82.8 cm³/mol. The number of anilines is 2. The number of carbonyl (C=O) groups excluding carboxylic acids is 1. The third-order valence-electron chi connectivity index (χ3n) is 2.67. The minimum atomic E-state index is -0.0879. The fraction of sp³-hybridized carbons (Fsp3) is 0.133. The van der Waals surface area contributed by atoms with Crippen LogP contribution in [0.25, 0.3) is 0 Å². The van der Waals surface area contributed by atoms with Crippen LogP contribution >= 0.6 is 11.8 Å². The molecule has 0 saturated heterocycles. The highest BCUT2D eigenvalue weighted by molar-refractivity contribution is 7.98. The first-order valence-electron chi connectivity index (χ1n) is 6.12. The van der Waals surface area contributed by atoms with Crippen LogP contribution in [0.2, 0.25) is 0 Å². The van der Waals surface area contributed by atoms with E-state index in [1.54, 1.807) is 30.0 Å². The van der Waals surface area contributed by atoms with Crippen LogP contribution in [0.4, 0.5) is 11.4 Å². The van der Waals surface area contributed by atoms with E-state index in [0.717, 1.165) is 16.1 Å². The summed E-state index contributed by atoms with van der Waals surface area (Å²) in [7, 11) is 0. The number of phenolic OH excluding ortho intramolecular Hbond substituents is 1. The summed E-state index contributed by atoms with van der Waals surface area (Å²) in [6, 6.07) is 12.6. The summed E-state index contributed by atoms with van der Waals surface area (Å²) in [5.74, 6) is 0.799. The molecular weight excluding hydrogens is 272 g/mol. The van der Waals surface area contributed by atoms with Gasteiger partial charge in [0.15, 0.2) is 0 Å². The summed E-state index contributed by atoms with van der Waals surface area (Å²) < 4.78 is 0. The lowest BCUT2D eigenvalue weighted by molar-refractivity contribution is -0.114. The van der Waals surface area contributed by atoms with Gasteiger partial charge in [0.1, 0.15) is 5.75 Å². The minimum absolute atomic E-state index is 0.0879. The molecule has 0 aliphatic heterocycles. The minimum Gasteiger partial charge on any atom is -0.508 e. The number of nitrogens with one attached hydrogen (secondary N) is 1. The Bertz CT molecular complexity index is 612. The number of rotatable bonds is 4. The Morgan fingerprint density at radius 3 is 2.60 bits per heavy atom. The number of hydrogen-bond acceptors (Lipinski definition) is 4. The normalized spacial score (nSPS) is 10.2. The van der Waals surface area contributed by atoms with Crippen LogP contribution < -0.4 is 11.1 Å². The largest absolute Gasteiger partial charge is 0.508 e. The fourth-order valence-corrected chi connectivity index (χ4v) is 2.60. The van der Waals surface area contributed by atoms with Crippen molar-refractivity contribution in [2.45, 2.75) is 17.6 Å². The lowest BCUT2D eigenvalue weighted by atomic mass is 10.2. The SMILES string of the molecule is CC(=O)Nc1ccc(SCc2cc(N)ccc2O)cc1. The van der Waals surface area contributed by atoms with E-state index in [1.165, 1.54) is 6.92 Å². The van der Waals surface area contributed by atoms with Crippen LogP contribution in [0.3, 0.4) is 0 Å². The van der Waals surface area contributed by atoms with Crippen molar-refractivity contribution in [1.29, 1.82) is 0 Å². The van der Waals surface area contributed by atoms with Gasteiger partial charge in [-0.05, 0) is 42.5 Å². The molecule has 0 unspecified atom stereocenters. The van der Waals surface area contributed by atoms with Gasteiger partial charge < -0.3 is 16.2 Å². The summed E-state index contributed by atoms with van der Waals surface area (Å²) in [4.78, 5) is 12.0. The molecule has 4 nitrogen and oxygen atoms in total. The zero-order chi connectivity index (χ0) is 14.5. The van der Waals surface area contributed by atoms with Crippen LogP contribution in [0.15, 0.2) is 47.4 Å². The molecular formula is C15H16N2O2S. The molecule has 0 aliphatic rings. The summed E-state index contributed by atoms with van der Waals surface area (Å²) in [5, 5.41) is 12.5. The van der Waals surface area contributed by atoms with Crippen LogP contribution in [-0.2, 0) is 10.5 Å². The highest BCUT2D eigenvalue weighted by Crippen LogP contribution is 2.29. The van der Waals surface area contributed by atoms with Gasteiger partial charge in [-0.15, -0.1) is 11.8 Å². The molecule has 2 aromatic rings. The van der Waals surface area contributed by atoms with Gasteiger partial charge in [0, 0.05) is 34.5 Å². The molecule has 104 valence electrons. The molecule has 0 fully saturated rings. The van der Waals surface area contributed by atoms with Crippen molar-refractivity contribution in [3.63, 3.8) is 0 Å². The van der Waals surface area contributed by atoms with E-state index in [4.69, 9.17) is 5.73 Å². The average molecular weight is 288 g/mol. The molecule has 1 amide bonds. The lowest BCUT2D eigenvalue weighted by Gasteiger charge is -2.07. The van der Waals surface area contributed by atoms with Gasteiger partial charge in [0.05, 0.1) is 0 Å². The number of phenols is 1. The maximum Gasteiger partial charge on any atom is 0.221 e. The van der Waals surface area contributed by atoms with Crippen molar-refractivity contribution in [3.8, 4) is 5.75 Å². The average Bonchev–Trinajstić information content (AvgIpc) is 2.41. The first-order chi connectivity index (χ1) is 9.54. The maximum atomic E-state index is 10.9. The van der Waals surface area contributed by atoms with Crippen molar-refractivity contribution in [2.75, 3.05) is 11.1 Å². The molecule has 0 saturated carbocycles. The third-order valence-corrected chi connectivity index (χ3v) is 3.73. The first-order valence-corrected chi connectivity index (χ1v) is 7.11. The molecule has 0 heterocycles. The van der Waals surface area contributed by atoms with Gasteiger partial charge >= 0.3 is 0 Å². The molecule has 5 heteroatoms. The monoisotopic (exact) mass is 288 g/mol. The van der Waals surface area contributed by atoms with Gasteiger partial charge in [0.2, 0.25) is 5.91 Å². The predicted octanol–water partition coefficient (Wildman–Crippen LogP) is 3.23. The molecule has 4 N–H and O–H groups in total. The van der Waals surface area contributed by atoms with Gasteiger partial charge in [-0.25, -0.2) is 0 Å². The van der Waals surface area contributed by atoms with E-state index in [1.807, 2.05) is 24.3 Å². The second-order valence-corrected chi connectivity index (χ2v) is 5.43. The number of thioether (sulfide) groups is 1. The Hall–Kier alpha value is -2.14. The van der Waals surface area contributed by atoms with Crippen molar-refractivity contribution in [1.82, 2.24) is 0 Å². The second kappa shape index (κ2) is 6.34. The van der Waals surface area contributed by atoms with Crippen molar-refractivity contribution in [3.05, 3.63) is 48.0 Å². The molecule has 20 heavy (non-hydrogen) atoms. The number of nitrogens with two attached hydrogens (primary N) is 1. The van der Waals surface area contributed by atoms with Gasteiger partial charge in [-0.2, -0.15) is 0 Å². The molecule has 2 rings (SSSR count). The van der Waals surface area contributed by atoms with Crippen LogP contribution in [-0.4, -0.2) is 11.0 Å². The third kappa shape index (κ3) is 3.93. The van der Waals surface area contributed by atoms with E-state index in [0.29, 0.717) is 11.4 Å². The smallest absolute Gasteiger partial charge is 0.221 e. The standard InChI is InChI=1S/C15H16N2O2S/c1-10(18)17-13-3-5-14(6-4-13)20-9-11-8-12(16)2-7-15(11)19/h2-8,19H,9,16H2,1H3,(H,17,18). The fourth-order valence-electron chi connectivity index (χ4n) is 1.72. The number of amides is 1. The Morgan fingerprint density at radius 1 is 1.25 bits per heavy atom. The topological polar surface area (TPSA) is 75.4 Å². The zero-order valence-corrected chi connectivity index (χ0v) is 11.9. The second-order valence-electron chi connectivity index (χ2n) is 4.38. The van der Waals surface area contributed by atoms with E-state index < -0.39 is 0 Å². The van der Waals surface area contributed by atoms with Gasteiger partial charge in [-0.1, -0.05) is 0 Å². The molecule has 0 aromatic heterocycles. The van der Waals surface area contributed by atoms with Gasteiger partial charge in [0.25, 0.3) is 0 Å². The van der Waals surface area contributed by atoms with Crippen LogP contribution in [0.5, 0.6) is 5.75 Å². The summed E-state index contributed by atoms with van der Waals surface area (Å²) in [6.07, 6.45) is 0. The highest BCUT2D eigenvalue weighted by atomic mass is 32.2. The zero-order valence-electron chi connectivity index (χ0n) is 11.1. The molecule has 0 spiro atoms. The molecule has 0 bridgehead atoms. The Balaban J connectivity index is 2.00. The van der Waals surface area contributed by atoms with Crippen molar-refractivity contribution in [2.24, 2.45) is 0 Å².